The standard InChI is InChI=1S/C16H16ClN3O2/c1-20(11-8-12-6-9-18-10-7-12)16(22)15(21)19-14-5-3-2-4-13(14)17/h2-7,9-10H,8,11H2,1H3,(H,19,21). The number of rotatable bonds is 4. The van der Waals surface area contributed by atoms with Crippen LogP contribution >= 0.6 is 11.6 Å². The van der Waals surface area contributed by atoms with E-state index in [4.69, 9.17) is 11.6 Å². The van der Waals surface area contributed by atoms with Gasteiger partial charge in [0.25, 0.3) is 0 Å². The Balaban J connectivity index is 1.90. The van der Waals surface area contributed by atoms with Crippen molar-refractivity contribution in [2.75, 3.05) is 18.9 Å². The van der Waals surface area contributed by atoms with Crippen LogP contribution in [0.5, 0.6) is 0 Å². The number of likely N-dealkylation sites (N-methyl/N-ethyl adjacent to an activating group) is 1. The molecule has 0 spiro atoms. The van der Waals surface area contributed by atoms with Crippen LogP contribution in [0.4, 0.5) is 5.69 Å². The van der Waals surface area contributed by atoms with Crippen molar-refractivity contribution in [1.29, 1.82) is 0 Å². The molecule has 2 rings (SSSR count). The minimum absolute atomic E-state index is 0.392. The molecule has 0 fully saturated rings. The van der Waals surface area contributed by atoms with Gasteiger partial charge >= 0.3 is 11.8 Å². The average molecular weight is 318 g/mol. The van der Waals surface area contributed by atoms with E-state index in [1.165, 1.54) is 4.90 Å². The molecule has 0 aliphatic heterocycles. The molecule has 2 amide bonds. The number of para-hydroxylation sites is 1. The molecular weight excluding hydrogens is 302 g/mol. The van der Waals surface area contributed by atoms with Crippen molar-refractivity contribution in [2.24, 2.45) is 0 Å². The number of pyridine rings is 1. The normalized spacial score (nSPS) is 10.1. The first kappa shape index (κ1) is 16.0. The molecule has 0 aliphatic rings. The number of carbonyl (C=O) groups is 2. The van der Waals surface area contributed by atoms with Crippen LogP contribution in [-0.2, 0) is 16.0 Å². The van der Waals surface area contributed by atoms with Crippen molar-refractivity contribution >= 4 is 29.1 Å². The topological polar surface area (TPSA) is 62.3 Å². The molecule has 0 atom stereocenters. The number of carbonyl (C=O) groups excluding carboxylic acids is 2. The van der Waals surface area contributed by atoms with Crippen LogP contribution in [-0.4, -0.2) is 35.3 Å². The molecule has 6 heteroatoms. The summed E-state index contributed by atoms with van der Waals surface area (Å²) in [5.74, 6) is -1.31. The van der Waals surface area contributed by atoms with E-state index in [1.54, 1.807) is 43.7 Å². The highest BCUT2D eigenvalue weighted by Crippen LogP contribution is 2.20. The van der Waals surface area contributed by atoms with Crippen molar-refractivity contribution in [3.8, 4) is 0 Å². The third kappa shape index (κ3) is 4.30. The number of hydrogen-bond acceptors (Lipinski definition) is 3. The second-order valence-electron chi connectivity index (χ2n) is 4.77. The highest BCUT2D eigenvalue weighted by Gasteiger charge is 2.19. The number of nitrogens with one attached hydrogen (secondary N) is 1. The fourth-order valence-corrected chi connectivity index (χ4v) is 2.04. The lowest BCUT2D eigenvalue weighted by Crippen LogP contribution is -2.38. The highest BCUT2D eigenvalue weighted by atomic mass is 35.5. The quantitative estimate of drug-likeness (QED) is 0.881. The maximum absolute atomic E-state index is 12.0. The lowest BCUT2D eigenvalue weighted by molar-refractivity contribution is -0.142. The van der Waals surface area contributed by atoms with Gasteiger partial charge in [-0.1, -0.05) is 23.7 Å². The summed E-state index contributed by atoms with van der Waals surface area (Å²) in [5.41, 5.74) is 1.48. The van der Waals surface area contributed by atoms with E-state index in [0.717, 1.165) is 5.56 Å². The zero-order valence-corrected chi connectivity index (χ0v) is 12.9. The molecule has 0 radical (unpaired) electrons. The summed E-state index contributed by atoms with van der Waals surface area (Å²) in [6, 6.07) is 10.5. The number of halogens is 1. The Bertz CT molecular complexity index is 661. The van der Waals surface area contributed by atoms with E-state index in [0.29, 0.717) is 23.7 Å². The molecule has 0 unspecified atom stereocenters. The first-order valence-electron chi connectivity index (χ1n) is 6.78. The molecule has 1 aromatic carbocycles. The molecule has 114 valence electrons. The van der Waals surface area contributed by atoms with Crippen LogP contribution in [0.25, 0.3) is 0 Å². The van der Waals surface area contributed by atoms with Gasteiger partial charge in [-0.05, 0) is 36.2 Å². The molecule has 0 saturated carbocycles. The molecular formula is C16H16ClN3O2. The Morgan fingerprint density at radius 2 is 1.86 bits per heavy atom. The third-order valence-electron chi connectivity index (χ3n) is 3.15. The molecule has 0 saturated heterocycles. The maximum atomic E-state index is 12.0. The van der Waals surface area contributed by atoms with Crippen molar-refractivity contribution in [3.05, 3.63) is 59.4 Å². The zero-order chi connectivity index (χ0) is 15.9. The smallest absolute Gasteiger partial charge is 0.313 e. The van der Waals surface area contributed by atoms with Gasteiger partial charge in [0.2, 0.25) is 0 Å². The summed E-state index contributed by atoms with van der Waals surface area (Å²) in [7, 11) is 1.59. The van der Waals surface area contributed by atoms with Gasteiger partial charge < -0.3 is 10.2 Å². The number of hydrogen-bond donors (Lipinski definition) is 1. The van der Waals surface area contributed by atoms with E-state index in [2.05, 4.69) is 10.3 Å². The molecule has 0 aliphatic carbocycles. The average Bonchev–Trinajstić information content (AvgIpc) is 2.55. The predicted octanol–water partition coefficient (Wildman–Crippen LogP) is 2.37. The van der Waals surface area contributed by atoms with Gasteiger partial charge in [-0.25, -0.2) is 0 Å². The van der Waals surface area contributed by atoms with E-state index in [9.17, 15) is 9.59 Å². The van der Waals surface area contributed by atoms with Crippen molar-refractivity contribution in [3.63, 3.8) is 0 Å². The first-order chi connectivity index (χ1) is 10.6. The summed E-state index contributed by atoms with van der Waals surface area (Å²) in [4.78, 5) is 29.3. The monoisotopic (exact) mass is 317 g/mol. The maximum Gasteiger partial charge on any atom is 0.313 e. The second-order valence-corrected chi connectivity index (χ2v) is 5.17. The lowest BCUT2D eigenvalue weighted by Gasteiger charge is -2.16. The molecule has 1 N–H and O–H groups in total. The largest absolute Gasteiger partial charge is 0.337 e. The lowest BCUT2D eigenvalue weighted by atomic mass is 10.2. The van der Waals surface area contributed by atoms with Crippen LogP contribution in [0.1, 0.15) is 5.56 Å². The van der Waals surface area contributed by atoms with Crippen LogP contribution in [0, 0.1) is 0 Å². The Kier molecular flexibility index (Phi) is 5.49. The van der Waals surface area contributed by atoms with E-state index >= 15 is 0 Å². The molecule has 1 aromatic heterocycles. The number of amides is 2. The van der Waals surface area contributed by atoms with Gasteiger partial charge in [0, 0.05) is 26.0 Å². The predicted molar refractivity (Wildman–Crippen MR) is 85.7 cm³/mol. The molecule has 1 heterocycles. The van der Waals surface area contributed by atoms with E-state index in [-0.39, 0.29) is 0 Å². The van der Waals surface area contributed by atoms with Crippen LogP contribution in [0.3, 0.4) is 0 Å². The minimum Gasteiger partial charge on any atom is -0.337 e. The Morgan fingerprint density at radius 1 is 1.18 bits per heavy atom. The van der Waals surface area contributed by atoms with Crippen LogP contribution in [0.2, 0.25) is 5.02 Å². The Morgan fingerprint density at radius 3 is 2.55 bits per heavy atom. The van der Waals surface area contributed by atoms with E-state index < -0.39 is 11.8 Å². The fourth-order valence-electron chi connectivity index (χ4n) is 1.86. The van der Waals surface area contributed by atoms with Crippen molar-refractivity contribution < 1.29 is 9.59 Å². The zero-order valence-electron chi connectivity index (χ0n) is 12.1. The first-order valence-corrected chi connectivity index (χ1v) is 7.15. The fraction of sp³-hybridized carbons (Fsp3) is 0.188. The number of nitrogens with zero attached hydrogens (tertiary/aromatic N) is 2. The summed E-state index contributed by atoms with van der Waals surface area (Å²) in [6.07, 6.45) is 4.05. The third-order valence-corrected chi connectivity index (χ3v) is 3.48. The van der Waals surface area contributed by atoms with E-state index in [1.807, 2.05) is 12.1 Å². The van der Waals surface area contributed by atoms with Crippen molar-refractivity contribution in [1.82, 2.24) is 9.88 Å². The minimum atomic E-state index is -0.703. The van der Waals surface area contributed by atoms with Crippen LogP contribution in [0.15, 0.2) is 48.8 Å². The van der Waals surface area contributed by atoms with Gasteiger partial charge in [0.05, 0.1) is 10.7 Å². The second kappa shape index (κ2) is 7.56. The highest BCUT2D eigenvalue weighted by molar-refractivity contribution is 6.41. The summed E-state index contributed by atoms with van der Waals surface area (Å²) in [6.45, 7) is 0.443. The van der Waals surface area contributed by atoms with Crippen molar-refractivity contribution in [2.45, 2.75) is 6.42 Å². The Hall–Kier alpha value is -2.40. The van der Waals surface area contributed by atoms with Gasteiger partial charge in [-0.15, -0.1) is 0 Å². The van der Waals surface area contributed by atoms with Gasteiger partial charge in [0.1, 0.15) is 0 Å². The number of aromatic nitrogens is 1. The van der Waals surface area contributed by atoms with Gasteiger partial charge in [-0.2, -0.15) is 0 Å². The summed E-state index contributed by atoms with van der Waals surface area (Å²) >= 11 is 5.95. The molecule has 2 aromatic rings. The SMILES string of the molecule is CN(CCc1ccncc1)C(=O)C(=O)Nc1ccccc1Cl. The number of benzene rings is 1. The Labute approximate surface area is 133 Å². The summed E-state index contributed by atoms with van der Waals surface area (Å²) in [5, 5.41) is 2.91. The van der Waals surface area contributed by atoms with Gasteiger partial charge in [-0.3, -0.25) is 14.6 Å². The molecule has 5 nitrogen and oxygen atoms in total. The van der Waals surface area contributed by atoms with Crippen LogP contribution < -0.4 is 5.32 Å². The number of anilines is 1. The van der Waals surface area contributed by atoms with Gasteiger partial charge in [0.15, 0.2) is 0 Å². The molecule has 22 heavy (non-hydrogen) atoms. The summed E-state index contributed by atoms with van der Waals surface area (Å²) < 4.78 is 0. The molecule has 0 bridgehead atoms.